The molecular formula is C30H34N4O. The topological polar surface area (TPSA) is 57.3 Å². The van der Waals surface area contributed by atoms with Crippen molar-refractivity contribution in [2.24, 2.45) is 0 Å². The Bertz CT molecular complexity index is 1230. The number of benzene rings is 2. The number of aryl methyl sites for hydroxylation is 1. The summed E-state index contributed by atoms with van der Waals surface area (Å²) in [5.41, 5.74) is 5.04. The van der Waals surface area contributed by atoms with Crippen LogP contribution in [0.2, 0.25) is 0 Å². The third-order valence-electron chi connectivity index (χ3n) is 6.12. The Kier molecular flexibility index (Phi) is 8.47. The number of amides is 2. The molecule has 4 rings (SSSR count). The van der Waals surface area contributed by atoms with Gasteiger partial charge in [0.1, 0.15) is 0 Å². The number of rotatable bonds is 8. The summed E-state index contributed by atoms with van der Waals surface area (Å²) in [6.07, 6.45) is 12.8. The van der Waals surface area contributed by atoms with E-state index in [0.29, 0.717) is 0 Å². The van der Waals surface area contributed by atoms with E-state index in [1.807, 2.05) is 43.3 Å². The zero-order valence-corrected chi connectivity index (χ0v) is 20.6. The quantitative estimate of drug-likeness (QED) is 0.381. The van der Waals surface area contributed by atoms with Gasteiger partial charge < -0.3 is 10.6 Å². The van der Waals surface area contributed by atoms with Gasteiger partial charge in [0, 0.05) is 36.8 Å². The van der Waals surface area contributed by atoms with Gasteiger partial charge in [-0.1, -0.05) is 85.8 Å². The number of hydrogen-bond acceptors (Lipinski definition) is 3. The smallest absolute Gasteiger partial charge is 0.319 e. The molecule has 0 aliphatic carbocycles. The SMILES string of the molecule is CC\C=C(/C=C\C=C\CN1CCC(NC(=O)Nc2cc(C)nc3ccccc23)C1)c1ccccc1. The number of fused-ring (bicyclic) bond motifs is 1. The molecule has 1 fully saturated rings. The first-order valence-corrected chi connectivity index (χ1v) is 12.4. The highest BCUT2D eigenvalue weighted by molar-refractivity contribution is 6.00. The maximum Gasteiger partial charge on any atom is 0.319 e. The zero-order valence-electron chi connectivity index (χ0n) is 20.6. The van der Waals surface area contributed by atoms with Crippen LogP contribution in [0, 0.1) is 6.92 Å². The van der Waals surface area contributed by atoms with Crippen molar-refractivity contribution < 1.29 is 4.79 Å². The van der Waals surface area contributed by atoms with E-state index >= 15 is 0 Å². The summed E-state index contributed by atoms with van der Waals surface area (Å²) in [5.74, 6) is 0. The standard InChI is InChI=1S/C30H34N4O/c1-3-12-24(25-14-6-4-7-15-25)13-8-5-11-19-34-20-18-26(22-34)32-30(35)33-29-21-23(2)31-28-17-10-9-16-27(28)29/h4-17,21,26H,3,18-20,22H2,1-2H3,(H2,31,32,33,35)/b11-5+,13-8-,24-12+. The summed E-state index contributed by atoms with van der Waals surface area (Å²) in [6.45, 7) is 6.79. The van der Waals surface area contributed by atoms with Gasteiger partial charge in [0.15, 0.2) is 0 Å². The summed E-state index contributed by atoms with van der Waals surface area (Å²) in [4.78, 5) is 19.6. The van der Waals surface area contributed by atoms with Gasteiger partial charge in [0.2, 0.25) is 0 Å². The molecule has 1 aliphatic heterocycles. The molecule has 3 aromatic rings. The molecule has 2 N–H and O–H groups in total. The van der Waals surface area contributed by atoms with E-state index < -0.39 is 0 Å². The Morgan fingerprint density at radius 3 is 2.74 bits per heavy atom. The number of allylic oxidation sites excluding steroid dienone is 5. The Morgan fingerprint density at radius 2 is 1.91 bits per heavy atom. The molecule has 0 bridgehead atoms. The number of nitrogens with one attached hydrogen (secondary N) is 2. The van der Waals surface area contributed by atoms with Crippen molar-refractivity contribution in [1.29, 1.82) is 0 Å². The van der Waals surface area contributed by atoms with E-state index in [1.165, 1.54) is 11.1 Å². The minimum Gasteiger partial charge on any atom is -0.334 e. The maximum atomic E-state index is 12.7. The van der Waals surface area contributed by atoms with Crippen LogP contribution >= 0.6 is 0 Å². The van der Waals surface area contributed by atoms with Gasteiger partial charge in [-0.3, -0.25) is 9.88 Å². The van der Waals surface area contributed by atoms with Crippen LogP contribution in [-0.4, -0.2) is 41.6 Å². The molecule has 0 spiro atoms. The van der Waals surface area contributed by atoms with Crippen molar-refractivity contribution in [2.75, 3.05) is 25.0 Å². The summed E-state index contributed by atoms with van der Waals surface area (Å²) in [7, 11) is 0. The van der Waals surface area contributed by atoms with Crippen molar-refractivity contribution in [3.05, 3.63) is 102 Å². The molecule has 5 nitrogen and oxygen atoms in total. The van der Waals surface area contributed by atoms with Gasteiger partial charge in [-0.15, -0.1) is 0 Å². The normalized spacial score (nSPS) is 17.0. The second kappa shape index (κ2) is 12.1. The first-order valence-electron chi connectivity index (χ1n) is 12.4. The zero-order chi connectivity index (χ0) is 24.5. The summed E-state index contributed by atoms with van der Waals surface area (Å²) in [6, 6.07) is 20.2. The van der Waals surface area contributed by atoms with E-state index in [1.54, 1.807) is 0 Å². The van der Waals surface area contributed by atoms with Gasteiger partial charge in [0.25, 0.3) is 0 Å². The molecule has 2 amide bonds. The van der Waals surface area contributed by atoms with E-state index in [2.05, 4.69) is 82.1 Å². The second-order valence-electron chi connectivity index (χ2n) is 8.89. The van der Waals surface area contributed by atoms with Gasteiger partial charge in [-0.05, 0) is 43.0 Å². The molecule has 0 radical (unpaired) electrons. The number of para-hydroxylation sites is 1. The number of carbonyl (C=O) groups excluding carboxylic acids is 1. The summed E-state index contributed by atoms with van der Waals surface area (Å²) in [5, 5.41) is 7.11. The second-order valence-corrected chi connectivity index (χ2v) is 8.89. The number of carbonyl (C=O) groups is 1. The molecule has 180 valence electrons. The van der Waals surface area contributed by atoms with Crippen molar-refractivity contribution in [1.82, 2.24) is 15.2 Å². The number of aromatic nitrogens is 1. The molecule has 0 saturated carbocycles. The minimum absolute atomic E-state index is 0.144. The van der Waals surface area contributed by atoms with Crippen LogP contribution in [0.3, 0.4) is 0 Å². The number of pyridine rings is 1. The van der Waals surface area contributed by atoms with Gasteiger partial charge in [0.05, 0.1) is 11.2 Å². The van der Waals surface area contributed by atoms with Gasteiger partial charge in [-0.2, -0.15) is 0 Å². The molecule has 1 atom stereocenters. The van der Waals surface area contributed by atoms with Gasteiger partial charge >= 0.3 is 6.03 Å². The van der Waals surface area contributed by atoms with Crippen LogP contribution in [0.5, 0.6) is 0 Å². The lowest BCUT2D eigenvalue weighted by Gasteiger charge is -2.16. The third-order valence-corrected chi connectivity index (χ3v) is 6.12. The number of likely N-dealkylation sites (tertiary alicyclic amines) is 1. The highest BCUT2D eigenvalue weighted by Crippen LogP contribution is 2.23. The lowest BCUT2D eigenvalue weighted by molar-refractivity contribution is 0.248. The average molecular weight is 467 g/mol. The van der Waals surface area contributed by atoms with Crippen molar-refractivity contribution >= 4 is 28.2 Å². The van der Waals surface area contributed by atoms with Gasteiger partial charge in [-0.25, -0.2) is 4.79 Å². The fourth-order valence-electron chi connectivity index (χ4n) is 4.45. The molecule has 1 aromatic heterocycles. The number of hydrogen-bond donors (Lipinski definition) is 2. The highest BCUT2D eigenvalue weighted by Gasteiger charge is 2.23. The van der Waals surface area contributed by atoms with Crippen molar-refractivity contribution in [2.45, 2.75) is 32.7 Å². The van der Waals surface area contributed by atoms with Crippen molar-refractivity contribution in [3.63, 3.8) is 0 Å². The van der Waals surface area contributed by atoms with Crippen LogP contribution in [-0.2, 0) is 0 Å². The molecule has 1 unspecified atom stereocenters. The number of urea groups is 1. The fraction of sp³-hybridized carbons (Fsp3) is 0.267. The fourth-order valence-corrected chi connectivity index (χ4v) is 4.45. The van der Waals surface area contributed by atoms with Crippen LogP contribution in [0.4, 0.5) is 10.5 Å². The molecule has 1 saturated heterocycles. The van der Waals surface area contributed by atoms with Crippen molar-refractivity contribution in [3.8, 4) is 0 Å². The first-order chi connectivity index (χ1) is 17.1. The predicted octanol–water partition coefficient (Wildman–Crippen LogP) is 6.35. The predicted molar refractivity (Wildman–Crippen MR) is 146 cm³/mol. The lowest BCUT2D eigenvalue weighted by atomic mass is 10.0. The summed E-state index contributed by atoms with van der Waals surface area (Å²) < 4.78 is 0. The number of anilines is 1. The Balaban J connectivity index is 1.25. The Morgan fingerprint density at radius 1 is 1.11 bits per heavy atom. The van der Waals surface area contributed by atoms with Crippen LogP contribution in [0.1, 0.15) is 31.0 Å². The van der Waals surface area contributed by atoms with Crippen LogP contribution in [0.15, 0.2) is 91.0 Å². The first kappa shape index (κ1) is 24.4. The molecule has 2 heterocycles. The largest absolute Gasteiger partial charge is 0.334 e. The van der Waals surface area contributed by atoms with E-state index in [4.69, 9.17) is 0 Å². The van der Waals surface area contributed by atoms with Crippen LogP contribution in [0.25, 0.3) is 16.5 Å². The Hall–Kier alpha value is -3.70. The van der Waals surface area contributed by atoms with E-state index in [9.17, 15) is 4.79 Å². The Labute approximate surface area is 208 Å². The minimum atomic E-state index is -0.165. The molecule has 1 aliphatic rings. The molecular weight excluding hydrogens is 432 g/mol. The highest BCUT2D eigenvalue weighted by atomic mass is 16.2. The third kappa shape index (κ3) is 6.90. The number of nitrogens with zero attached hydrogens (tertiary/aromatic N) is 2. The van der Waals surface area contributed by atoms with E-state index in [0.717, 1.165) is 54.8 Å². The maximum absolute atomic E-state index is 12.7. The van der Waals surface area contributed by atoms with E-state index in [-0.39, 0.29) is 12.1 Å². The lowest BCUT2D eigenvalue weighted by Crippen LogP contribution is -2.39. The molecule has 2 aromatic carbocycles. The molecule has 5 heteroatoms. The van der Waals surface area contributed by atoms with Crippen LogP contribution < -0.4 is 10.6 Å². The molecule has 35 heavy (non-hydrogen) atoms. The monoisotopic (exact) mass is 466 g/mol. The average Bonchev–Trinajstić information content (AvgIpc) is 3.30. The summed E-state index contributed by atoms with van der Waals surface area (Å²) >= 11 is 0.